The van der Waals surface area contributed by atoms with Crippen molar-refractivity contribution in [1.29, 1.82) is 0 Å². The molecule has 0 unspecified atom stereocenters. The summed E-state index contributed by atoms with van der Waals surface area (Å²) in [7, 11) is 0. The van der Waals surface area contributed by atoms with Crippen LogP contribution in [0.4, 0.5) is 14.6 Å². The number of nitrogens with one attached hydrogen (secondary N) is 2. The van der Waals surface area contributed by atoms with Crippen molar-refractivity contribution >= 4 is 28.6 Å². The summed E-state index contributed by atoms with van der Waals surface area (Å²) in [5.41, 5.74) is 0.897. The van der Waals surface area contributed by atoms with Crippen LogP contribution in [0.25, 0.3) is 11.0 Å². The Hall–Kier alpha value is -2.19. The van der Waals surface area contributed by atoms with Crippen molar-refractivity contribution in [3.05, 3.63) is 47.7 Å². The molecule has 5 nitrogen and oxygen atoms in total. The third-order valence-electron chi connectivity index (χ3n) is 3.44. The molecule has 2 aromatic heterocycles. The number of H-pyrrole nitrogens is 1. The van der Waals surface area contributed by atoms with E-state index in [1.807, 2.05) is 13.0 Å². The zero-order valence-electron chi connectivity index (χ0n) is 12.9. The van der Waals surface area contributed by atoms with E-state index in [1.165, 1.54) is 23.9 Å². The Labute approximate surface area is 141 Å². The average Bonchev–Trinajstić information content (AvgIpc) is 3.05. The van der Waals surface area contributed by atoms with Crippen molar-refractivity contribution in [3.63, 3.8) is 0 Å². The highest BCUT2D eigenvalue weighted by Crippen LogP contribution is 2.27. The maximum absolute atomic E-state index is 13.7. The zero-order valence-corrected chi connectivity index (χ0v) is 13.7. The summed E-state index contributed by atoms with van der Waals surface area (Å²) in [5, 5.41) is 13.5. The number of rotatable bonds is 6. The minimum absolute atomic E-state index is 0.0348. The molecule has 0 bridgehead atoms. The number of fused-ring (bicyclic) bond motifs is 1. The lowest BCUT2D eigenvalue weighted by molar-refractivity contribution is 0.281. The summed E-state index contributed by atoms with van der Waals surface area (Å²) in [6.45, 7) is 1.79. The van der Waals surface area contributed by atoms with Crippen molar-refractivity contribution in [2.45, 2.75) is 23.9 Å². The SMILES string of the molecule is C[C@H](CO)Nc1nc(SCc2cccc(F)c2F)nc2[nH]ccc12. The quantitative estimate of drug-likeness (QED) is 0.470. The molecule has 3 rings (SSSR count). The zero-order chi connectivity index (χ0) is 17.1. The molecule has 1 aromatic carbocycles. The van der Waals surface area contributed by atoms with Gasteiger partial charge in [0.25, 0.3) is 0 Å². The Bertz CT molecular complexity index is 855. The van der Waals surface area contributed by atoms with Crippen LogP contribution in [-0.4, -0.2) is 32.7 Å². The van der Waals surface area contributed by atoms with Gasteiger partial charge in [0.2, 0.25) is 0 Å². The van der Waals surface area contributed by atoms with E-state index >= 15 is 0 Å². The molecule has 0 spiro atoms. The van der Waals surface area contributed by atoms with Gasteiger partial charge in [0.15, 0.2) is 16.8 Å². The van der Waals surface area contributed by atoms with Gasteiger partial charge in [-0.1, -0.05) is 23.9 Å². The number of aliphatic hydroxyl groups excluding tert-OH is 1. The lowest BCUT2D eigenvalue weighted by Crippen LogP contribution is -2.20. The number of halogens is 2. The van der Waals surface area contributed by atoms with Crippen LogP contribution in [0.2, 0.25) is 0 Å². The van der Waals surface area contributed by atoms with E-state index in [-0.39, 0.29) is 24.0 Å². The Kier molecular flexibility index (Phi) is 4.96. The number of hydrogen-bond acceptors (Lipinski definition) is 5. The average molecular weight is 350 g/mol. The molecule has 2 heterocycles. The van der Waals surface area contributed by atoms with Crippen LogP contribution < -0.4 is 5.32 Å². The molecule has 0 saturated carbocycles. The molecule has 0 amide bonds. The standard InChI is InChI=1S/C16H16F2N4OS/c1-9(7-23)20-15-11-5-6-19-14(11)21-16(22-15)24-8-10-3-2-4-12(17)13(10)18/h2-6,9,23H,7-8H2,1H3,(H2,19,20,21,22)/t9-/m1/s1. The molecular formula is C16H16F2N4OS. The molecule has 0 radical (unpaired) electrons. The number of anilines is 1. The van der Waals surface area contributed by atoms with Crippen LogP contribution >= 0.6 is 11.8 Å². The van der Waals surface area contributed by atoms with E-state index in [9.17, 15) is 13.9 Å². The first-order valence-electron chi connectivity index (χ1n) is 7.36. The number of benzene rings is 1. The molecule has 8 heteroatoms. The molecule has 3 N–H and O–H groups in total. The number of nitrogens with zero attached hydrogens (tertiary/aromatic N) is 2. The van der Waals surface area contributed by atoms with Crippen LogP contribution in [0.1, 0.15) is 12.5 Å². The topological polar surface area (TPSA) is 73.8 Å². The lowest BCUT2D eigenvalue weighted by Gasteiger charge is -2.13. The third-order valence-corrected chi connectivity index (χ3v) is 4.34. The van der Waals surface area contributed by atoms with Gasteiger partial charge in [0, 0.05) is 23.6 Å². The fourth-order valence-electron chi connectivity index (χ4n) is 2.18. The highest BCUT2D eigenvalue weighted by molar-refractivity contribution is 7.98. The number of thioether (sulfide) groups is 1. The second-order valence-corrected chi connectivity index (χ2v) is 6.27. The lowest BCUT2D eigenvalue weighted by atomic mass is 10.2. The van der Waals surface area contributed by atoms with Crippen LogP contribution in [-0.2, 0) is 5.75 Å². The van der Waals surface area contributed by atoms with Crippen LogP contribution in [0.3, 0.4) is 0 Å². The maximum atomic E-state index is 13.7. The van der Waals surface area contributed by atoms with Gasteiger partial charge in [-0.3, -0.25) is 0 Å². The molecule has 0 aliphatic carbocycles. The van der Waals surface area contributed by atoms with E-state index in [0.29, 0.717) is 16.6 Å². The molecule has 126 valence electrons. The summed E-state index contributed by atoms with van der Waals surface area (Å²) < 4.78 is 27.0. The summed E-state index contributed by atoms with van der Waals surface area (Å²) in [4.78, 5) is 11.8. The van der Waals surface area contributed by atoms with Crippen LogP contribution in [0.15, 0.2) is 35.6 Å². The second-order valence-electron chi connectivity index (χ2n) is 5.32. The number of aromatic amines is 1. The Morgan fingerprint density at radius 3 is 2.92 bits per heavy atom. The fourth-order valence-corrected chi connectivity index (χ4v) is 3.00. The van der Waals surface area contributed by atoms with Gasteiger partial charge in [0.05, 0.1) is 12.0 Å². The Balaban J connectivity index is 1.85. The fraction of sp³-hybridized carbons (Fsp3) is 0.250. The van der Waals surface area contributed by atoms with Gasteiger partial charge < -0.3 is 15.4 Å². The van der Waals surface area contributed by atoms with Crippen LogP contribution in [0.5, 0.6) is 0 Å². The molecule has 3 aromatic rings. The van der Waals surface area contributed by atoms with Gasteiger partial charge in [-0.25, -0.2) is 18.7 Å². The van der Waals surface area contributed by atoms with Crippen molar-refractivity contribution in [3.8, 4) is 0 Å². The second kappa shape index (κ2) is 7.14. The summed E-state index contributed by atoms with van der Waals surface area (Å²) in [6, 6.07) is 5.76. The Morgan fingerprint density at radius 1 is 1.29 bits per heavy atom. The van der Waals surface area contributed by atoms with Gasteiger partial charge in [-0.15, -0.1) is 0 Å². The van der Waals surface area contributed by atoms with Gasteiger partial charge in [0.1, 0.15) is 11.5 Å². The molecule has 1 atom stereocenters. The monoisotopic (exact) mass is 350 g/mol. The highest BCUT2D eigenvalue weighted by atomic mass is 32.2. The summed E-state index contributed by atoms with van der Waals surface area (Å²) in [6.07, 6.45) is 1.74. The smallest absolute Gasteiger partial charge is 0.191 e. The van der Waals surface area contributed by atoms with E-state index in [2.05, 4.69) is 20.3 Å². The van der Waals surface area contributed by atoms with Crippen LogP contribution in [0, 0.1) is 11.6 Å². The summed E-state index contributed by atoms with van der Waals surface area (Å²) in [5.74, 6) is -0.915. The molecular weight excluding hydrogens is 334 g/mol. The van der Waals surface area contributed by atoms with Crippen molar-refractivity contribution in [2.24, 2.45) is 0 Å². The number of aliphatic hydroxyl groups is 1. The molecule has 0 aliphatic rings. The van der Waals surface area contributed by atoms with Crippen molar-refractivity contribution < 1.29 is 13.9 Å². The van der Waals surface area contributed by atoms with E-state index < -0.39 is 11.6 Å². The first-order chi connectivity index (χ1) is 11.6. The minimum atomic E-state index is -0.868. The normalized spacial score (nSPS) is 12.5. The van der Waals surface area contributed by atoms with Crippen molar-refractivity contribution in [1.82, 2.24) is 15.0 Å². The predicted molar refractivity (Wildman–Crippen MR) is 90.0 cm³/mol. The first kappa shape index (κ1) is 16.7. The number of aromatic nitrogens is 3. The molecule has 24 heavy (non-hydrogen) atoms. The molecule has 0 aliphatic heterocycles. The summed E-state index contributed by atoms with van der Waals surface area (Å²) >= 11 is 1.21. The number of hydrogen-bond donors (Lipinski definition) is 3. The third kappa shape index (κ3) is 3.49. The first-order valence-corrected chi connectivity index (χ1v) is 8.35. The molecule has 0 fully saturated rings. The van der Waals surface area contributed by atoms with Gasteiger partial charge >= 0.3 is 0 Å². The van der Waals surface area contributed by atoms with E-state index in [1.54, 1.807) is 6.20 Å². The highest BCUT2D eigenvalue weighted by Gasteiger charge is 2.13. The maximum Gasteiger partial charge on any atom is 0.191 e. The molecule has 0 saturated heterocycles. The van der Waals surface area contributed by atoms with Crippen molar-refractivity contribution in [2.75, 3.05) is 11.9 Å². The largest absolute Gasteiger partial charge is 0.394 e. The predicted octanol–water partition coefficient (Wildman–Crippen LogP) is 3.32. The van der Waals surface area contributed by atoms with E-state index in [0.717, 1.165) is 11.5 Å². The minimum Gasteiger partial charge on any atom is -0.394 e. The Morgan fingerprint density at radius 2 is 2.12 bits per heavy atom. The van der Waals surface area contributed by atoms with Gasteiger partial charge in [-0.05, 0) is 19.1 Å². The van der Waals surface area contributed by atoms with E-state index in [4.69, 9.17) is 0 Å². The van der Waals surface area contributed by atoms with Gasteiger partial charge in [-0.2, -0.15) is 0 Å².